The Bertz CT molecular complexity index is 322. The van der Waals surface area contributed by atoms with E-state index < -0.39 is 6.36 Å². The fraction of sp³-hybridized carbons (Fsp3) is 0.333. The molecule has 0 unspecified atom stereocenters. The van der Waals surface area contributed by atoms with Gasteiger partial charge in [0.05, 0.1) is 0 Å². The number of rotatable bonds is 2. The summed E-state index contributed by atoms with van der Waals surface area (Å²) in [7, 11) is 0. The molecular weight excluding hydrogens is 217 g/mol. The highest BCUT2D eigenvalue weighted by atomic mass is 35.5. The number of hydrogen-bond donors (Lipinski definition) is 0. The van der Waals surface area contributed by atoms with Crippen LogP contribution in [0.4, 0.5) is 13.2 Å². The Balaban J connectivity index is 2.98. The molecule has 0 aromatic heterocycles. The van der Waals surface area contributed by atoms with Gasteiger partial charge in [0.25, 0.3) is 0 Å². The van der Waals surface area contributed by atoms with Gasteiger partial charge in [-0.1, -0.05) is 12.1 Å². The van der Waals surface area contributed by atoms with Gasteiger partial charge in [-0.2, -0.15) is 0 Å². The standard InChI is InChI=1S/C9H8ClF3O/c1-6-7(5-10)3-2-4-8(6)14-9(11,12)13/h2-4H,5H2,1H3. The summed E-state index contributed by atoms with van der Waals surface area (Å²) in [6, 6.07) is 4.40. The van der Waals surface area contributed by atoms with Crippen molar-refractivity contribution in [1.29, 1.82) is 0 Å². The second-order valence-corrected chi connectivity index (χ2v) is 2.99. The molecule has 0 bridgehead atoms. The van der Waals surface area contributed by atoms with Gasteiger partial charge in [-0.25, -0.2) is 0 Å². The molecule has 0 atom stereocenters. The molecule has 1 aromatic rings. The van der Waals surface area contributed by atoms with Crippen LogP contribution in [-0.2, 0) is 5.88 Å². The Morgan fingerprint density at radius 2 is 2.00 bits per heavy atom. The predicted molar refractivity (Wildman–Crippen MR) is 47.4 cm³/mol. The third kappa shape index (κ3) is 2.80. The van der Waals surface area contributed by atoms with Crippen molar-refractivity contribution >= 4 is 11.6 Å². The van der Waals surface area contributed by atoms with Crippen molar-refractivity contribution in [2.45, 2.75) is 19.2 Å². The summed E-state index contributed by atoms with van der Waals surface area (Å²) >= 11 is 5.54. The highest BCUT2D eigenvalue weighted by molar-refractivity contribution is 6.17. The minimum absolute atomic E-state index is 0.168. The topological polar surface area (TPSA) is 9.23 Å². The molecule has 1 aromatic carbocycles. The van der Waals surface area contributed by atoms with Crippen LogP contribution in [0.15, 0.2) is 18.2 Å². The van der Waals surface area contributed by atoms with E-state index in [1.54, 1.807) is 13.0 Å². The first-order valence-electron chi connectivity index (χ1n) is 3.84. The summed E-state index contributed by atoms with van der Waals surface area (Å²) in [5, 5.41) is 0. The van der Waals surface area contributed by atoms with E-state index in [2.05, 4.69) is 4.74 Å². The second-order valence-electron chi connectivity index (χ2n) is 2.72. The molecule has 0 aliphatic rings. The van der Waals surface area contributed by atoms with Crippen LogP contribution in [0.3, 0.4) is 0 Å². The van der Waals surface area contributed by atoms with Crippen LogP contribution in [0.1, 0.15) is 11.1 Å². The Hall–Kier alpha value is -0.900. The van der Waals surface area contributed by atoms with Gasteiger partial charge in [0, 0.05) is 5.88 Å². The number of halogens is 4. The van der Waals surface area contributed by atoms with Crippen LogP contribution in [0.25, 0.3) is 0 Å². The maximum atomic E-state index is 11.9. The molecule has 0 aliphatic carbocycles. The highest BCUT2D eigenvalue weighted by Gasteiger charge is 2.31. The number of ether oxygens (including phenoxy) is 1. The summed E-state index contributed by atoms with van der Waals surface area (Å²) in [6.45, 7) is 1.54. The van der Waals surface area contributed by atoms with E-state index in [0.29, 0.717) is 11.1 Å². The van der Waals surface area contributed by atoms with Gasteiger partial charge >= 0.3 is 6.36 Å². The monoisotopic (exact) mass is 224 g/mol. The van der Waals surface area contributed by atoms with Crippen LogP contribution >= 0.6 is 11.6 Å². The molecule has 0 spiro atoms. The molecule has 78 valence electrons. The first-order valence-corrected chi connectivity index (χ1v) is 4.37. The third-order valence-corrected chi connectivity index (χ3v) is 2.05. The Morgan fingerprint density at radius 3 is 2.50 bits per heavy atom. The quantitative estimate of drug-likeness (QED) is 0.697. The zero-order valence-electron chi connectivity index (χ0n) is 7.36. The molecule has 0 saturated carbocycles. The largest absolute Gasteiger partial charge is 0.573 e. The maximum Gasteiger partial charge on any atom is 0.573 e. The van der Waals surface area contributed by atoms with E-state index in [1.165, 1.54) is 12.1 Å². The molecule has 5 heteroatoms. The number of hydrogen-bond acceptors (Lipinski definition) is 1. The molecule has 1 nitrogen and oxygen atoms in total. The molecule has 0 radical (unpaired) electrons. The van der Waals surface area contributed by atoms with Crippen LogP contribution in [0, 0.1) is 6.92 Å². The van der Waals surface area contributed by atoms with Gasteiger partial charge in [-0.05, 0) is 24.1 Å². The lowest BCUT2D eigenvalue weighted by Crippen LogP contribution is -2.18. The van der Waals surface area contributed by atoms with Crippen molar-refractivity contribution in [1.82, 2.24) is 0 Å². The van der Waals surface area contributed by atoms with E-state index >= 15 is 0 Å². The van der Waals surface area contributed by atoms with E-state index in [4.69, 9.17) is 11.6 Å². The zero-order chi connectivity index (χ0) is 10.8. The zero-order valence-corrected chi connectivity index (χ0v) is 8.12. The lowest BCUT2D eigenvalue weighted by Gasteiger charge is -2.12. The Kier molecular flexibility index (Phi) is 3.26. The first-order chi connectivity index (χ1) is 6.44. The van der Waals surface area contributed by atoms with Gasteiger partial charge in [0.2, 0.25) is 0 Å². The van der Waals surface area contributed by atoms with E-state index in [-0.39, 0.29) is 11.6 Å². The normalized spacial score (nSPS) is 11.5. The summed E-state index contributed by atoms with van der Waals surface area (Å²) in [4.78, 5) is 0. The average Bonchev–Trinajstić information content (AvgIpc) is 2.06. The van der Waals surface area contributed by atoms with Crippen LogP contribution in [-0.4, -0.2) is 6.36 Å². The number of benzene rings is 1. The first kappa shape index (κ1) is 11.2. The van der Waals surface area contributed by atoms with Gasteiger partial charge in [-0.3, -0.25) is 0 Å². The number of alkyl halides is 4. The van der Waals surface area contributed by atoms with E-state index in [1.807, 2.05) is 0 Å². The van der Waals surface area contributed by atoms with Crippen molar-refractivity contribution in [3.05, 3.63) is 29.3 Å². The molecule has 0 heterocycles. The lowest BCUT2D eigenvalue weighted by molar-refractivity contribution is -0.274. The third-order valence-electron chi connectivity index (χ3n) is 1.77. The highest BCUT2D eigenvalue weighted by Crippen LogP contribution is 2.28. The van der Waals surface area contributed by atoms with Crippen LogP contribution < -0.4 is 4.74 Å². The minimum Gasteiger partial charge on any atom is -0.406 e. The van der Waals surface area contributed by atoms with Crippen LogP contribution in [0.5, 0.6) is 5.75 Å². The summed E-state index contributed by atoms with van der Waals surface area (Å²) in [5.74, 6) is -0.0309. The van der Waals surface area contributed by atoms with Crippen molar-refractivity contribution in [2.75, 3.05) is 0 Å². The molecule has 0 N–H and O–H groups in total. The second kappa shape index (κ2) is 4.09. The van der Waals surface area contributed by atoms with Crippen molar-refractivity contribution in [3.63, 3.8) is 0 Å². The van der Waals surface area contributed by atoms with Gasteiger partial charge in [0.15, 0.2) is 0 Å². The van der Waals surface area contributed by atoms with E-state index in [9.17, 15) is 13.2 Å². The fourth-order valence-electron chi connectivity index (χ4n) is 1.04. The average molecular weight is 225 g/mol. The summed E-state index contributed by atoms with van der Waals surface area (Å²) < 4.78 is 39.5. The fourth-order valence-corrected chi connectivity index (χ4v) is 1.33. The van der Waals surface area contributed by atoms with Gasteiger partial charge < -0.3 is 4.74 Å². The molecular formula is C9H8ClF3O. The summed E-state index contributed by atoms with van der Waals surface area (Å²) in [5.41, 5.74) is 1.05. The van der Waals surface area contributed by atoms with Crippen molar-refractivity contribution in [2.24, 2.45) is 0 Å². The smallest absolute Gasteiger partial charge is 0.406 e. The summed E-state index contributed by atoms with van der Waals surface area (Å²) in [6.07, 6.45) is -4.66. The molecule has 1 rings (SSSR count). The Labute approximate surface area is 84.4 Å². The Morgan fingerprint density at radius 1 is 1.36 bits per heavy atom. The van der Waals surface area contributed by atoms with Gasteiger partial charge in [0.1, 0.15) is 5.75 Å². The molecule has 0 amide bonds. The minimum atomic E-state index is -4.66. The molecule has 0 aliphatic heterocycles. The SMILES string of the molecule is Cc1c(CCl)cccc1OC(F)(F)F. The van der Waals surface area contributed by atoms with Crippen molar-refractivity contribution in [3.8, 4) is 5.75 Å². The lowest BCUT2D eigenvalue weighted by atomic mass is 10.1. The van der Waals surface area contributed by atoms with E-state index in [0.717, 1.165) is 0 Å². The molecule has 0 saturated heterocycles. The van der Waals surface area contributed by atoms with Crippen LogP contribution in [0.2, 0.25) is 0 Å². The maximum absolute atomic E-state index is 11.9. The molecule has 0 fully saturated rings. The predicted octanol–water partition coefficient (Wildman–Crippen LogP) is 3.63. The molecule has 14 heavy (non-hydrogen) atoms. The van der Waals surface area contributed by atoms with Gasteiger partial charge in [-0.15, -0.1) is 24.8 Å². The van der Waals surface area contributed by atoms with Crippen molar-refractivity contribution < 1.29 is 17.9 Å².